The number of anilines is 1. The van der Waals surface area contributed by atoms with Gasteiger partial charge in [-0.2, -0.15) is 13.2 Å². The van der Waals surface area contributed by atoms with Crippen molar-refractivity contribution in [3.8, 4) is 0 Å². The fourth-order valence-electron chi connectivity index (χ4n) is 3.26. The molecule has 0 amide bonds. The fraction of sp³-hybridized carbons (Fsp3) is 0.450. The first-order chi connectivity index (χ1) is 14.4. The summed E-state index contributed by atoms with van der Waals surface area (Å²) >= 11 is 0. The minimum atomic E-state index is -4.50. The largest absolute Gasteiger partial charge is 0.433 e. The summed E-state index contributed by atoms with van der Waals surface area (Å²) < 4.78 is 44.1. The van der Waals surface area contributed by atoms with E-state index in [4.69, 9.17) is 4.74 Å². The van der Waals surface area contributed by atoms with Gasteiger partial charge in [0.25, 0.3) is 0 Å². The van der Waals surface area contributed by atoms with E-state index >= 15 is 0 Å². The Morgan fingerprint density at radius 3 is 2.80 bits per heavy atom. The number of ether oxygens (including phenoxy) is 1. The summed E-state index contributed by atoms with van der Waals surface area (Å²) in [5.74, 6) is 0.649. The SMILES string of the molecule is CN=C(NCCNc1nccc(C(F)(F)F)n1)N1CCOC(c2ccccc2C)C1. The van der Waals surface area contributed by atoms with Crippen LogP contribution in [0.4, 0.5) is 19.1 Å². The summed E-state index contributed by atoms with van der Waals surface area (Å²) in [5.41, 5.74) is 1.36. The van der Waals surface area contributed by atoms with Gasteiger partial charge in [0, 0.05) is 32.9 Å². The van der Waals surface area contributed by atoms with E-state index in [0.29, 0.717) is 38.7 Å². The molecule has 1 atom stereocenters. The Hall–Kier alpha value is -2.88. The second kappa shape index (κ2) is 9.75. The van der Waals surface area contributed by atoms with Gasteiger partial charge in [-0.1, -0.05) is 24.3 Å². The molecule has 0 spiro atoms. The number of nitrogens with one attached hydrogen (secondary N) is 2. The molecule has 1 saturated heterocycles. The number of morpholine rings is 1. The van der Waals surface area contributed by atoms with Crippen LogP contribution in [-0.4, -0.2) is 60.7 Å². The maximum Gasteiger partial charge on any atom is 0.433 e. The predicted octanol–water partition coefficient (Wildman–Crippen LogP) is 2.86. The quantitative estimate of drug-likeness (QED) is 0.439. The van der Waals surface area contributed by atoms with Crippen LogP contribution in [-0.2, 0) is 10.9 Å². The zero-order valence-corrected chi connectivity index (χ0v) is 16.9. The third-order valence-corrected chi connectivity index (χ3v) is 4.75. The van der Waals surface area contributed by atoms with Gasteiger partial charge >= 0.3 is 6.18 Å². The number of hydrogen-bond donors (Lipinski definition) is 2. The standard InChI is InChI=1S/C20H25F3N6O/c1-14-5-3-4-6-15(14)16-13-29(11-12-30-16)19(24-2)27-10-9-26-18-25-8-7-17(28-18)20(21,22)23/h3-8,16H,9-13H2,1-2H3,(H,24,27)(H,25,26,28). The van der Waals surface area contributed by atoms with Gasteiger partial charge in [0.1, 0.15) is 11.8 Å². The van der Waals surface area contributed by atoms with E-state index in [-0.39, 0.29) is 12.1 Å². The minimum Gasteiger partial charge on any atom is -0.370 e. The molecule has 0 aliphatic carbocycles. The molecule has 2 aromatic rings. The van der Waals surface area contributed by atoms with Crippen molar-refractivity contribution in [2.24, 2.45) is 4.99 Å². The summed E-state index contributed by atoms with van der Waals surface area (Å²) in [5, 5.41) is 6.02. The van der Waals surface area contributed by atoms with Crippen molar-refractivity contribution in [3.05, 3.63) is 53.3 Å². The zero-order valence-electron chi connectivity index (χ0n) is 16.9. The Morgan fingerprint density at radius 1 is 1.27 bits per heavy atom. The highest BCUT2D eigenvalue weighted by Gasteiger charge is 2.32. The fourth-order valence-corrected chi connectivity index (χ4v) is 3.26. The molecule has 1 unspecified atom stereocenters. The number of halogens is 3. The van der Waals surface area contributed by atoms with E-state index in [0.717, 1.165) is 17.8 Å². The lowest BCUT2D eigenvalue weighted by molar-refractivity contribution is -0.141. The van der Waals surface area contributed by atoms with E-state index in [1.165, 1.54) is 5.56 Å². The van der Waals surface area contributed by atoms with Crippen LogP contribution in [0.25, 0.3) is 0 Å². The second-order valence-electron chi connectivity index (χ2n) is 6.83. The predicted molar refractivity (Wildman–Crippen MR) is 108 cm³/mol. The zero-order chi connectivity index (χ0) is 21.6. The molecule has 1 aliphatic rings. The topological polar surface area (TPSA) is 74.7 Å². The maximum atomic E-state index is 12.7. The average molecular weight is 422 g/mol. The summed E-state index contributed by atoms with van der Waals surface area (Å²) in [4.78, 5) is 13.7. The number of nitrogens with zero attached hydrogens (tertiary/aromatic N) is 4. The van der Waals surface area contributed by atoms with Gasteiger partial charge in [-0.05, 0) is 24.1 Å². The molecule has 7 nitrogen and oxygen atoms in total. The Morgan fingerprint density at radius 2 is 2.07 bits per heavy atom. The third kappa shape index (κ3) is 5.59. The number of benzene rings is 1. The van der Waals surface area contributed by atoms with E-state index in [1.807, 2.05) is 12.1 Å². The number of hydrogen-bond acceptors (Lipinski definition) is 5. The average Bonchev–Trinajstić information content (AvgIpc) is 2.74. The molecule has 1 fully saturated rings. The van der Waals surface area contributed by atoms with Crippen molar-refractivity contribution in [3.63, 3.8) is 0 Å². The Balaban J connectivity index is 1.52. The number of aryl methyl sites for hydroxylation is 1. The van der Waals surface area contributed by atoms with Crippen LogP contribution in [0.5, 0.6) is 0 Å². The van der Waals surface area contributed by atoms with Crippen molar-refractivity contribution >= 4 is 11.9 Å². The molecular formula is C20H25F3N6O. The number of guanidine groups is 1. The molecule has 2 N–H and O–H groups in total. The van der Waals surface area contributed by atoms with Gasteiger partial charge in [-0.15, -0.1) is 0 Å². The van der Waals surface area contributed by atoms with Gasteiger partial charge < -0.3 is 20.3 Å². The molecule has 1 aliphatic heterocycles. The summed E-state index contributed by atoms with van der Waals surface area (Å²) in [7, 11) is 1.70. The number of aromatic nitrogens is 2. The third-order valence-electron chi connectivity index (χ3n) is 4.75. The summed E-state index contributed by atoms with van der Waals surface area (Å²) in [6.45, 7) is 4.79. The lowest BCUT2D eigenvalue weighted by atomic mass is 10.0. The Labute approximate surface area is 173 Å². The molecule has 0 radical (unpaired) electrons. The Bertz CT molecular complexity index is 874. The van der Waals surface area contributed by atoms with Gasteiger partial charge in [0.15, 0.2) is 5.96 Å². The van der Waals surface area contributed by atoms with Crippen molar-refractivity contribution in [1.29, 1.82) is 0 Å². The highest BCUT2D eigenvalue weighted by molar-refractivity contribution is 5.80. The van der Waals surface area contributed by atoms with Gasteiger partial charge in [-0.3, -0.25) is 4.99 Å². The second-order valence-corrected chi connectivity index (χ2v) is 6.83. The summed E-state index contributed by atoms with van der Waals surface area (Å²) in [6.07, 6.45) is -3.46. The van der Waals surface area contributed by atoms with Crippen LogP contribution in [0.15, 0.2) is 41.5 Å². The first-order valence-electron chi connectivity index (χ1n) is 9.65. The maximum absolute atomic E-state index is 12.7. The molecule has 0 bridgehead atoms. The molecule has 2 heterocycles. The Kier molecular flexibility index (Phi) is 7.09. The van der Waals surface area contributed by atoms with Crippen molar-refractivity contribution in [2.45, 2.75) is 19.2 Å². The van der Waals surface area contributed by atoms with Crippen LogP contribution in [0.2, 0.25) is 0 Å². The van der Waals surface area contributed by atoms with E-state index in [1.54, 1.807) is 7.05 Å². The normalized spacial score (nSPS) is 17.7. The smallest absolute Gasteiger partial charge is 0.370 e. The van der Waals surface area contributed by atoms with Crippen LogP contribution in [0.3, 0.4) is 0 Å². The lowest BCUT2D eigenvalue weighted by Gasteiger charge is -2.35. The highest BCUT2D eigenvalue weighted by Crippen LogP contribution is 2.27. The number of rotatable bonds is 5. The number of aliphatic imine (C=N–C) groups is 1. The molecule has 30 heavy (non-hydrogen) atoms. The monoisotopic (exact) mass is 422 g/mol. The van der Waals surface area contributed by atoms with E-state index in [2.05, 4.69) is 49.6 Å². The molecule has 0 saturated carbocycles. The van der Waals surface area contributed by atoms with Crippen molar-refractivity contribution in [1.82, 2.24) is 20.2 Å². The van der Waals surface area contributed by atoms with E-state index in [9.17, 15) is 13.2 Å². The van der Waals surface area contributed by atoms with Crippen LogP contribution >= 0.6 is 0 Å². The molecule has 10 heteroatoms. The molecule has 162 valence electrons. The lowest BCUT2D eigenvalue weighted by Crippen LogP contribution is -2.49. The molecular weight excluding hydrogens is 397 g/mol. The first-order valence-corrected chi connectivity index (χ1v) is 9.65. The van der Waals surface area contributed by atoms with Gasteiger partial charge in [0.05, 0.1) is 13.2 Å². The minimum absolute atomic E-state index is 0.0462. The molecule has 3 rings (SSSR count). The van der Waals surface area contributed by atoms with Crippen molar-refractivity contribution in [2.75, 3.05) is 45.2 Å². The number of alkyl halides is 3. The molecule has 1 aromatic carbocycles. The summed E-state index contributed by atoms with van der Waals surface area (Å²) in [6, 6.07) is 8.97. The highest BCUT2D eigenvalue weighted by atomic mass is 19.4. The van der Waals surface area contributed by atoms with Gasteiger partial charge in [-0.25, -0.2) is 9.97 Å². The van der Waals surface area contributed by atoms with Crippen molar-refractivity contribution < 1.29 is 17.9 Å². The first kappa shape index (κ1) is 21.8. The van der Waals surface area contributed by atoms with Gasteiger partial charge in [0.2, 0.25) is 5.95 Å². The molecule has 1 aromatic heterocycles. The van der Waals surface area contributed by atoms with Crippen LogP contribution < -0.4 is 10.6 Å². The van der Waals surface area contributed by atoms with Crippen LogP contribution in [0.1, 0.15) is 22.9 Å². The van der Waals surface area contributed by atoms with Crippen LogP contribution in [0, 0.1) is 6.92 Å². The van der Waals surface area contributed by atoms with E-state index < -0.39 is 11.9 Å².